The largest absolute Gasteiger partial charge is 0.454 e. The average Bonchev–Trinajstić information content (AvgIpc) is 3.22. The second kappa shape index (κ2) is 5.36. The molecular formula is C20H16N2O4. The number of carbonyl (C=O) groups is 1. The number of hydrogen-bond donors (Lipinski definition) is 1. The minimum atomic E-state index is -0.427. The molecule has 2 aliphatic rings. The molecule has 1 aromatic heterocycles. The molecule has 1 atom stereocenters. The summed E-state index contributed by atoms with van der Waals surface area (Å²) < 4.78 is 12.6. The third-order valence-corrected chi connectivity index (χ3v) is 5.00. The van der Waals surface area contributed by atoms with Gasteiger partial charge in [0.05, 0.1) is 5.52 Å². The Hall–Kier alpha value is -3.28. The fraction of sp³-hybridized carbons (Fsp3) is 0.200. The van der Waals surface area contributed by atoms with Crippen LogP contribution in [0.1, 0.15) is 28.9 Å². The molecule has 5 rings (SSSR count). The summed E-state index contributed by atoms with van der Waals surface area (Å²) >= 11 is 0. The van der Waals surface area contributed by atoms with Gasteiger partial charge in [-0.1, -0.05) is 12.1 Å². The molecule has 6 nitrogen and oxygen atoms in total. The van der Waals surface area contributed by atoms with Crippen LogP contribution in [0, 0.1) is 0 Å². The van der Waals surface area contributed by atoms with Crippen LogP contribution >= 0.6 is 0 Å². The number of carbonyl (C=O) groups excluding carboxylic acids is 1. The van der Waals surface area contributed by atoms with E-state index >= 15 is 0 Å². The number of aromatic nitrogens is 1. The van der Waals surface area contributed by atoms with Gasteiger partial charge in [0, 0.05) is 29.4 Å². The number of anilines is 1. The topological polar surface area (TPSA) is 69.6 Å². The van der Waals surface area contributed by atoms with Crippen LogP contribution in [0.4, 0.5) is 5.69 Å². The van der Waals surface area contributed by atoms with E-state index in [-0.39, 0.29) is 23.8 Å². The Labute approximate surface area is 149 Å². The lowest BCUT2D eigenvalue weighted by Gasteiger charge is -2.13. The van der Waals surface area contributed by atoms with E-state index in [0.29, 0.717) is 22.6 Å². The van der Waals surface area contributed by atoms with Gasteiger partial charge < -0.3 is 19.4 Å². The number of rotatable bonds is 2. The molecule has 1 amide bonds. The fourth-order valence-corrected chi connectivity index (χ4v) is 3.75. The molecule has 130 valence electrons. The Morgan fingerprint density at radius 1 is 1.19 bits per heavy atom. The molecule has 2 aromatic carbocycles. The van der Waals surface area contributed by atoms with E-state index < -0.39 is 5.91 Å². The van der Waals surface area contributed by atoms with Crippen LogP contribution in [-0.2, 0) is 6.42 Å². The first-order chi connectivity index (χ1) is 12.6. The second-order valence-electron chi connectivity index (χ2n) is 6.67. The standard InChI is InChI=1S/C20H16N2O4/c1-11-7-12-3-2-4-14-18(12)22(11)9-15(19(14)23)20(24)21-13-5-6-16-17(8-13)26-10-25-16/h2-6,8-9,11H,7,10H2,1H3,(H,21,24)/t11-/m1/s1. The molecule has 1 N–H and O–H groups in total. The Morgan fingerprint density at radius 2 is 2.04 bits per heavy atom. The molecule has 0 fully saturated rings. The van der Waals surface area contributed by atoms with Crippen LogP contribution in [0.25, 0.3) is 10.9 Å². The van der Waals surface area contributed by atoms with Gasteiger partial charge in [-0.2, -0.15) is 0 Å². The van der Waals surface area contributed by atoms with Gasteiger partial charge in [-0.15, -0.1) is 0 Å². The molecule has 0 unspecified atom stereocenters. The van der Waals surface area contributed by atoms with E-state index in [1.54, 1.807) is 30.5 Å². The molecule has 2 aliphatic heterocycles. The van der Waals surface area contributed by atoms with Gasteiger partial charge in [0.15, 0.2) is 11.5 Å². The molecule has 3 heterocycles. The third-order valence-electron chi connectivity index (χ3n) is 5.00. The van der Waals surface area contributed by atoms with Crippen LogP contribution in [0.5, 0.6) is 11.5 Å². The van der Waals surface area contributed by atoms with Crippen molar-refractivity contribution < 1.29 is 14.3 Å². The molecule has 0 saturated carbocycles. The SMILES string of the molecule is C[C@@H]1Cc2cccc3c(=O)c(C(=O)Nc4ccc5c(c4)OCO5)cn1c23. The molecule has 26 heavy (non-hydrogen) atoms. The first-order valence-electron chi connectivity index (χ1n) is 8.49. The predicted octanol–water partition coefficient (Wildman–Crippen LogP) is 3.10. The Morgan fingerprint density at radius 3 is 2.92 bits per heavy atom. The average molecular weight is 348 g/mol. The molecule has 0 bridgehead atoms. The summed E-state index contributed by atoms with van der Waals surface area (Å²) in [7, 11) is 0. The van der Waals surface area contributed by atoms with Crippen molar-refractivity contribution >= 4 is 22.5 Å². The van der Waals surface area contributed by atoms with E-state index in [1.807, 2.05) is 16.7 Å². The number of pyridine rings is 1. The van der Waals surface area contributed by atoms with Gasteiger partial charge in [-0.05, 0) is 37.1 Å². The molecule has 0 radical (unpaired) electrons. The van der Waals surface area contributed by atoms with Crippen molar-refractivity contribution in [2.24, 2.45) is 0 Å². The summed E-state index contributed by atoms with van der Waals surface area (Å²) in [6, 6.07) is 11.1. The highest BCUT2D eigenvalue weighted by Crippen LogP contribution is 2.34. The van der Waals surface area contributed by atoms with Crippen LogP contribution in [0.15, 0.2) is 47.4 Å². The van der Waals surface area contributed by atoms with Gasteiger partial charge in [0.25, 0.3) is 5.91 Å². The Kier molecular flexibility index (Phi) is 3.09. The maximum atomic E-state index is 12.9. The van der Waals surface area contributed by atoms with E-state index in [2.05, 4.69) is 12.2 Å². The maximum Gasteiger partial charge on any atom is 0.261 e. The molecular weight excluding hydrogens is 332 g/mol. The highest BCUT2D eigenvalue weighted by molar-refractivity contribution is 6.06. The quantitative estimate of drug-likeness (QED) is 0.773. The van der Waals surface area contributed by atoms with Gasteiger partial charge in [0.1, 0.15) is 5.56 Å². The molecule has 0 saturated heterocycles. The zero-order valence-electron chi connectivity index (χ0n) is 14.1. The van der Waals surface area contributed by atoms with Gasteiger partial charge >= 0.3 is 0 Å². The summed E-state index contributed by atoms with van der Waals surface area (Å²) in [4.78, 5) is 25.6. The van der Waals surface area contributed by atoms with Crippen LogP contribution < -0.4 is 20.2 Å². The van der Waals surface area contributed by atoms with E-state index in [4.69, 9.17) is 9.47 Å². The van der Waals surface area contributed by atoms with Crippen molar-refractivity contribution in [3.63, 3.8) is 0 Å². The molecule has 3 aromatic rings. The predicted molar refractivity (Wildman–Crippen MR) is 97.1 cm³/mol. The van der Waals surface area contributed by atoms with Crippen molar-refractivity contribution in [1.82, 2.24) is 4.57 Å². The van der Waals surface area contributed by atoms with Crippen LogP contribution in [0.2, 0.25) is 0 Å². The fourth-order valence-electron chi connectivity index (χ4n) is 3.75. The molecule has 0 spiro atoms. The highest BCUT2D eigenvalue weighted by Gasteiger charge is 2.24. The summed E-state index contributed by atoms with van der Waals surface area (Å²) in [6.45, 7) is 2.26. The number of amides is 1. The number of para-hydroxylation sites is 1. The highest BCUT2D eigenvalue weighted by atomic mass is 16.7. The third kappa shape index (κ3) is 2.12. The minimum Gasteiger partial charge on any atom is -0.454 e. The normalized spacial score (nSPS) is 16.9. The summed E-state index contributed by atoms with van der Waals surface area (Å²) in [5.74, 6) is 0.794. The monoisotopic (exact) mass is 348 g/mol. The van der Waals surface area contributed by atoms with E-state index in [0.717, 1.165) is 17.5 Å². The summed E-state index contributed by atoms with van der Waals surface area (Å²) in [5, 5.41) is 3.38. The number of fused-ring (bicyclic) bond motifs is 1. The van der Waals surface area contributed by atoms with E-state index in [9.17, 15) is 9.59 Å². The second-order valence-corrected chi connectivity index (χ2v) is 6.67. The lowest BCUT2D eigenvalue weighted by molar-refractivity contribution is 0.102. The van der Waals surface area contributed by atoms with Gasteiger partial charge in [-0.3, -0.25) is 9.59 Å². The smallest absolute Gasteiger partial charge is 0.261 e. The van der Waals surface area contributed by atoms with Crippen molar-refractivity contribution in [2.45, 2.75) is 19.4 Å². The van der Waals surface area contributed by atoms with Gasteiger partial charge in [-0.25, -0.2) is 0 Å². The number of benzene rings is 2. The Balaban J connectivity index is 1.56. The van der Waals surface area contributed by atoms with Crippen molar-refractivity contribution in [3.8, 4) is 11.5 Å². The molecule has 6 heteroatoms. The van der Waals surface area contributed by atoms with Crippen molar-refractivity contribution in [2.75, 3.05) is 12.1 Å². The van der Waals surface area contributed by atoms with E-state index in [1.165, 1.54) is 0 Å². The number of nitrogens with one attached hydrogen (secondary N) is 1. The number of nitrogens with zero attached hydrogens (tertiary/aromatic N) is 1. The van der Waals surface area contributed by atoms with Crippen molar-refractivity contribution in [1.29, 1.82) is 0 Å². The Bertz CT molecular complexity index is 1130. The van der Waals surface area contributed by atoms with Crippen molar-refractivity contribution in [3.05, 3.63) is 63.9 Å². The maximum absolute atomic E-state index is 12.9. The summed E-state index contributed by atoms with van der Waals surface area (Å²) in [6.07, 6.45) is 2.54. The van der Waals surface area contributed by atoms with Crippen LogP contribution in [-0.4, -0.2) is 17.3 Å². The zero-order chi connectivity index (χ0) is 17.8. The van der Waals surface area contributed by atoms with Crippen LogP contribution in [0.3, 0.4) is 0 Å². The lowest BCUT2D eigenvalue weighted by atomic mass is 10.1. The van der Waals surface area contributed by atoms with Gasteiger partial charge in [0.2, 0.25) is 12.2 Å². The zero-order valence-corrected chi connectivity index (χ0v) is 14.1. The number of ether oxygens (including phenoxy) is 2. The lowest BCUT2D eigenvalue weighted by Crippen LogP contribution is -2.23. The minimum absolute atomic E-state index is 0.140. The first kappa shape index (κ1) is 15.0. The number of hydrogen-bond acceptors (Lipinski definition) is 4. The first-order valence-corrected chi connectivity index (χ1v) is 8.49. The molecule has 0 aliphatic carbocycles. The summed E-state index contributed by atoms with van der Waals surface area (Å²) in [5.41, 5.74) is 2.54.